The lowest BCUT2D eigenvalue weighted by Gasteiger charge is -1.95. The Morgan fingerprint density at radius 1 is 1.08 bits per heavy atom. The third-order valence-electron chi connectivity index (χ3n) is 1.21. The molecule has 0 unspecified atom stereocenters. The topological polar surface area (TPSA) is 40.5 Å². The maximum atomic E-state index is 8.99. The maximum absolute atomic E-state index is 8.99. The molecule has 0 saturated carbocycles. The SMILES string of the molecule is CCO.Cc1cc(C)cc(O)c1. The van der Waals surface area contributed by atoms with Crippen molar-refractivity contribution in [2.24, 2.45) is 0 Å². The first-order valence-corrected chi connectivity index (χ1v) is 3.98. The molecule has 0 aromatic heterocycles. The van der Waals surface area contributed by atoms with Crippen molar-refractivity contribution in [3.05, 3.63) is 29.3 Å². The number of hydrogen-bond acceptors (Lipinski definition) is 2. The zero-order chi connectivity index (χ0) is 9.56. The number of rotatable bonds is 0. The van der Waals surface area contributed by atoms with Crippen LogP contribution in [0.5, 0.6) is 5.75 Å². The summed E-state index contributed by atoms with van der Waals surface area (Å²) >= 11 is 0. The molecule has 1 aromatic carbocycles. The Morgan fingerprint density at radius 2 is 1.42 bits per heavy atom. The van der Waals surface area contributed by atoms with Gasteiger partial charge >= 0.3 is 0 Å². The number of aliphatic hydroxyl groups is 1. The van der Waals surface area contributed by atoms with Gasteiger partial charge in [-0.1, -0.05) is 6.07 Å². The van der Waals surface area contributed by atoms with Crippen molar-refractivity contribution < 1.29 is 10.2 Å². The highest BCUT2D eigenvalue weighted by Crippen LogP contribution is 2.13. The van der Waals surface area contributed by atoms with Gasteiger partial charge in [0.15, 0.2) is 0 Å². The molecule has 1 rings (SSSR count). The minimum atomic E-state index is 0.250. The standard InChI is InChI=1S/C8H10O.C2H6O/c1-6-3-7(2)5-8(9)4-6;1-2-3/h3-5,9H,1-2H3;3H,2H2,1H3. The summed E-state index contributed by atoms with van der Waals surface area (Å²) in [5.74, 6) is 0.354. The Kier molecular flexibility index (Phi) is 5.13. The van der Waals surface area contributed by atoms with Crippen LogP contribution in [0.1, 0.15) is 18.1 Å². The average Bonchev–Trinajstić information content (AvgIpc) is 1.84. The van der Waals surface area contributed by atoms with Crippen LogP contribution in [0.15, 0.2) is 18.2 Å². The molecule has 1 aromatic rings. The van der Waals surface area contributed by atoms with E-state index in [0.29, 0.717) is 5.75 Å². The number of aliphatic hydroxyl groups excluding tert-OH is 1. The summed E-state index contributed by atoms with van der Waals surface area (Å²) in [6.45, 7) is 5.86. The van der Waals surface area contributed by atoms with Gasteiger partial charge in [-0.15, -0.1) is 0 Å². The van der Waals surface area contributed by atoms with Crippen molar-refractivity contribution in [1.29, 1.82) is 0 Å². The second-order valence-corrected chi connectivity index (χ2v) is 2.66. The first kappa shape index (κ1) is 11.0. The number of benzene rings is 1. The molecule has 0 aliphatic carbocycles. The molecule has 0 bridgehead atoms. The third kappa shape index (κ3) is 4.74. The van der Waals surface area contributed by atoms with E-state index in [9.17, 15) is 0 Å². The van der Waals surface area contributed by atoms with Gasteiger partial charge in [0.05, 0.1) is 0 Å². The van der Waals surface area contributed by atoms with Gasteiger partial charge in [0, 0.05) is 6.61 Å². The molecule has 0 fully saturated rings. The van der Waals surface area contributed by atoms with E-state index >= 15 is 0 Å². The van der Waals surface area contributed by atoms with Crippen molar-refractivity contribution in [2.75, 3.05) is 6.61 Å². The van der Waals surface area contributed by atoms with Gasteiger partial charge < -0.3 is 10.2 Å². The predicted octanol–water partition coefficient (Wildman–Crippen LogP) is 2.01. The first-order chi connectivity index (χ1) is 5.60. The van der Waals surface area contributed by atoms with Crippen molar-refractivity contribution >= 4 is 0 Å². The number of aromatic hydroxyl groups is 1. The second kappa shape index (κ2) is 5.61. The highest BCUT2D eigenvalue weighted by Gasteiger charge is 1.89. The third-order valence-corrected chi connectivity index (χ3v) is 1.21. The van der Waals surface area contributed by atoms with Crippen LogP contribution in [0.2, 0.25) is 0 Å². The van der Waals surface area contributed by atoms with Crippen LogP contribution in [0.3, 0.4) is 0 Å². The Morgan fingerprint density at radius 3 is 1.67 bits per heavy atom. The van der Waals surface area contributed by atoms with Crippen LogP contribution in [0, 0.1) is 13.8 Å². The summed E-state index contributed by atoms with van der Waals surface area (Å²) in [5, 5.41) is 16.6. The molecule has 2 heteroatoms. The quantitative estimate of drug-likeness (QED) is 0.622. The summed E-state index contributed by atoms with van der Waals surface area (Å²) in [7, 11) is 0. The fourth-order valence-corrected chi connectivity index (χ4v) is 0.951. The van der Waals surface area contributed by atoms with Gasteiger partial charge in [0.1, 0.15) is 5.75 Å². The van der Waals surface area contributed by atoms with E-state index < -0.39 is 0 Å². The fraction of sp³-hybridized carbons (Fsp3) is 0.400. The Hall–Kier alpha value is -1.02. The Labute approximate surface area is 73.5 Å². The zero-order valence-electron chi connectivity index (χ0n) is 7.83. The van der Waals surface area contributed by atoms with Gasteiger partial charge in [-0.25, -0.2) is 0 Å². The van der Waals surface area contributed by atoms with Crippen LogP contribution in [-0.4, -0.2) is 16.8 Å². The molecule has 2 nitrogen and oxygen atoms in total. The number of aryl methyl sites for hydroxylation is 2. The van der Waals surface area contributed by atoms with Crippen molar-refractivity contribution in [3.63, 3.8) is 0 Å². The molecule has 0 spiro atoms. The molecule has 68 valence electrons. The fourth-order valence-electron chi connectivity index (χ4n) is 0.951. The molecule has 12 heavy (non-hydrogen) atoms. The van der Waals surface area contributed by atoms with Gasteiger partial charge in [0.25, 0.3) is 0 Å². The highest BCUT2D eigenvalue weighted by molar-refractivity contribution is 5.31. The van der Waals surface area contributed by atoms with Gasteiger partial charge in [-0.3, -0.25) is 0 Å². The molecule has 0 aliphatic rings. The molecule has 2 N–H and O–H groups in total. The van der Waals surface area contributed by atoms with E-state index in [4.69, 9.17) is 10.2 Å². The average molecular weight is 168 g/mol. The number of hydrogen-bond donors (Lipinski definition) is 2. The highest BCUT2D eigenvalue weighted by atomic mass is 16.3. The monoisotopic (exact) mass is 168 g/mol. The van der Waals surface area contributed by atoms with Crippen LogP contribution in [0.25, 0.3) is 0 Å². The first-order valence-electron chi connectivity index (χ1n) is 3.98. The molecule has 0 atom stereocenters. The summed E-state index contributed by atoms with van der Waals surface area (Å²) in [6, 6.07) is 5.51. The molecule has 0 radical (unpaired) electrons. The predicted molar refractivity (Wildman–Crippen MR) is 50.3 cm³/mol. The van der Waals surface area contributed by atoms with Gasteiger partial charge in [0.2, 0.25) is 0 Å². The van der Waals surface area contributed by atoms with Crippen molar-refractivity contribution in [3.8, 4) is 5.75 Å². The van der Waals surface area contributed by atoms with Crippen LogP contribution < -0.4 is 0 Å². The Bertz CT molecular complexity index is 181. The van der Waals surface area contributed by atoms with E-state index in [0.717, 1.165) is 11.1 Å². The van der Waals surface area contributed by atoms with E-state index in [1.54, 1.807) is 19.1 Å². The lowest BCUT2D eigenvalue weighted by Crippen LogP contribution is -1.74. The molecule has 0 heterocycles. The minimum absolute atomic E-state index is 0.250. The summed E-state index contributed by atoms with van der Waals surface area (Å²) < 4.78 is 0. The smallest absolute Gasteiger partial charge is 0.116 e. The molecule has 0 amide bonds. The van der Waals surface area contributed by atoms with E-state index in [-0.39, 0.29) is 6.61 Å². The lowest BCUT2D eigenvalue weighted by atomic mass is 10.1. The Balaban J connectivity index is 0.000000354. The van der Waals surface area contributed by atoms with E-state index in [1.165, 1.54) is 0 Å². The van der Waals surface area contributed by atoms with Crippen LogP contribution >= 0.6 is 0 Å². The van der Waals surface area contributed by atoms with Crippen molar-refractivity contribution in [1.82, 2.24) is 0 Å². The van der Waals surface area contributed by atoms with Crippen molar-refractivity contribution in [2.45, 2.75) is 20.8 Å². The van der Waals surface area contributed by atoms with Crippen LogP contribution in [-0.2, 0) is 0 Å². The largest absolute Gasteiger partial charge is 0.508 e. The van der Waals surface area contributed by atoms with Gasteiger partial charge in [-0.05, 0) is 44.0 Å². The van der Waals surface area contributed by atoms with E-state index in [1.807, 2.05) is 19.9 Å². The molecule has 0 aliphatic heterocycles. The van der Waals surface area contributed by atoms with Crippen LogP contribution in [0.4, 0.5) is 0 Å². The molecule has 0 saturated heterocycles. The summed E-state index contributed by atoms with van der Waals surface area (Å²) in [6.07, 6.45) is 0. The van der Waals surface area contributed by atoms with Gasteiger partial charge in [-0.2, -0.15) is 0 Å². The zero-order valence-corrected chi connectivity index (χ0v) is 7.83. The number of phenols is 1. The maximum Gasteiger partial charge on any atom is 0.116 e. The second-order valence-electron chi connectivity index (χ2n) is 2.66. The summed E-state index contributed by atoms with van der Waals surface area (Å²) in [4.78, 5) is 0. The number of phenolic OH excluding ortho intramolecular Hbond substituents is 1. The molecular weight excluding hydrogens is 152 g/mol. The molecular formula is C10H16O2. The summed E-state index contributed by atoms with van der Waals surface area (Å²) in [5.41, 5.74) is 2.21. The normalized spacial score (nSPS) is 8.67. The lowest BCUT2D eigenvalue weighted by molar-refractivity contribution is 0.318. The minimum Gasteiger partial charge on any atom is -0.508 e. The van der Waals surface area contributed by atoms with E-state index in [2.05, 4.69) is 0 Å².